The third-order valence-electron chi connectivity index (χ3n) is 1.72. The van der Waals surface area contributed by atoms with Gasteiger partial charge in [-0.05, 0) is 18.2 Å². The number of ether oxygens (including phenoxy) is 1. The smallest absolute Gasteiger partial charge is 0.387 e. The Morgan fingerprint density at radius 3 is 2.88 bits per heavy atom. The molecule has 1 aromatic carbocycles. The number of hydrogen-bond acceptors (Lipinski definition) is 3. The predicted octanol–water partition coefficient (Wildman–Crippen LogP) is 1.01. The number of hydrogen-bond donors (Lipinski definition) is 2. The van der Waals surface area contributed by atoms with Gasteiger partial charge in [-0.25, -0.2) is 0 Å². The van der Waals surface area contributed by atoms with Crippen LogP contribution in [0.4, 0.5) is 8.78 Å². The van der Waals surface area contributed by atoms with Crippen LogP contribution in [0.15, 0.2) is 24.3 Å². The molecule has 0 saturated heterocycles. The number of nitrogens with one attached hydrogen (secondary N) is 1. The number of carbonyl (C=O) groups is 1. The van der Waals surface area contributed by atoms with Gasteiger partial charge in [0, 0.05) is 12.1 Å². The van der Waals surface area contributed by atoms with Crippen LogP contribution in [-0.2, 0) is 0 Å². The maximum atomic E-state index is 11.9. The van der Waals surface area contributed by atoms with Gasteiger partial charge < -0.3 is 15.2 Å². The van der Waals surface area contributed by atoms with Crippen molar-refractivity contribution in [3.63, 3.8) is 0 Å². The Balaban J connectivity index is 2.69. The predicted molar refractivity (Wildman–Crippen MR) is 52.5 cm³/mol. The Kier molecular flexibility index (Phi) is 4.65. The van der Waals surface area contributed by atoms with Gasteiger partial charge in [-0.3, -0.25) is 4.79 Å². The summed E-state index contributed by atoms with van der Waals surface area (Å²) in [6.45, 7) is -2.99. The molecule has 0 aliphatic heterocycles. The summed E-state index contributed by atoms with van der Waals surface area (Å²) >= 11 is 0. The van der Waals surface area contributed by atoms with Crippen LogP contribution in [0.3, 0.4) is 0 Å². The first-order valence-corrected chi connectivity index (χ1v) is 4.57. The summed E-state index contributed by atoms with van der Waals surface area (Å²) in [7, 11) is 0. The molecule has 1 rings (SSSR count). The highest BCUT2D eigenvalue weighted by molar-refractivity contribution is 5.94. The van der Waals surface area contributed by atoms with E-state index in [0.717, 1.165) is 0 Å². The van der Waals surface area contributed by atoms with E-state index in [9.17, 15) is 13.6 Å². The standard InChI is InChI=1S/C10H11F2NO3/c11-10(12)16-8-3-1-2-7(6-8)9(15)13-4-5-14/h1-3,6,10,14H,4-5H2,(H,13,15). The highest BCUT2D eigenvalue weighted by Crippen LogP contribution is 2.15. The molecular formula is C10H11F2NO3. The monoisotopic (exact) mass is 231 g/mol. The number of rotatable bonds is 5. The zero-order valence-electron chi connectivity index (χ0n) is 8.32. The SMILES string of the molecule is O=C(NCCO)c1cccc(OC(F)F)c1. The summed E-state index contributed by atoms with van der Waals surface area (Å²) in [5.41, 5.74) is 0.201. The summed E-state index contributed by atoms with van der Waals surface area (Å²) < 4.78 is 27.9. The van der Waals surface area contributed by atoms with Crippen molar-refractivity contribution in [2.75, 3.05) is 13.2 Å². The van der Waals surface area contributed by atoms with Crippen molar-refractivity contribution in [2.45, 2.75) is 6.61 Å². The van der Waals surface area contributed by atoms with Gasteiger partial charge in [0.2, 0.25) is 0 Å². The molecule has 1 amide bonds. The maximum Gasteiger partial charge on any atom is 0.387 e. The molecule has 0 radical (unpaired) electrons. The molecule has 0 fully saturated rings. The topological polar surface area (TPSA) is 58.6 Å². The van der Waals surface area contributed by atoms with Crippen molar-refractivity contribution in [2.24, 2.45) is 0 Å². The third kappa shape index (κ3) is 3.82. The number of halogens is 2. The number of carbonyl (C=O) groups excluding carboxylic acids is 1. The van der Waals surface area contributed by atoms with Crippen molar-refractivity contribution < 1.29 is 23.4 Å². The van der Waals surface area contributed by atoms with E-state index in [1.54, 1.807) is 0 Å². The molecule has 0 atom stereocenters. The lowest BCUT2D eigenvalue weighted by Crippen LogP contribution is -2.26. The molecule has 0 unspecified atom stereocenters. The Morgan fingerprint density at radius 2 is 2.25 bits per heavy atom. The Labute approximate surface area is 90.8 Å². The quantitative estimate of drug-likeness (QED) is 0.795. The fourth-order valence-corrected chi connectivity index (χ4v) is 1.09. The summed E-state index contributed by atoms with van der Waals surface area (Å²) in [5.74, 6) is -0.527. The first kappa shape index (κ1) is 12.4. The number of alkyl halides is 2. The van der Waals surface area contributed by atoms with Crippen LogP contribution >= 0.6 is 0 Å². The summed E-state index contributed by atoms with van der Waals surface area (Å²) in [6, 6.07) is 5.43. The molecule has 0 heterocycles. The van der Waals surface area contributed by atoms with E-state index in [1.807, 2.05) is 0 Å². The highest BCUT2D eigenvalue weighted by atomic mass is 19.3. The molecule has 6 heteroatoms. The maximum absolute atomic E-state index is 11.9. The zero-order valence-corrected chi connectivity index (χ0v) is 8.32. The van der Waals surface area contributed by atoms with Crippen LogP contribution in [0.5, 0.6) is 5.75 Å². The molecule has 4 nitrogen and oxygen atoms in total. The molecular weight excluding hydrogens is 220 g/mol. The number of amides is 1. The summed E-state index contributed by atoms with van der Waals surface area (Å²) in [6.07, 6.45) is 0. The van der Waals surface area contributed by atoms with Crippen molar-refractivity contribution in [3.8, 4) is 5.75 Å². The third-order valence-corrected chi connectivity index (χ3v) is 1.72. The summed E-state index contributed by atoms with van der Waals surface area (Å²) in [4.78, 5) is 11.4. The molecule has 0 spiro atoms. The second kappa shape index (κ2) is 6.02. The zero-order chi connectivity index (χ0) is 12.0. The molecule has 88 valence electrons. The molecule has 0 aliphatic carbocycles. The van der Waals surface area contributed by atoms with Crippen molar-refractivity contribution >= 4 is 5.91 Å². The lowest BCUT2D eigenvalue weighted by molar-refractivity contribution is -0.0498. The second-order valence-corrected chi connectivity index (χ2v) is 2.89. The van der Waals surface area contributed by atoms with Crippen LogP contribution < -0.4 is 10.1 Å². The lowest BCUT2D eigenvalue weighted by Gasteiger charge is -2.06. The number of benzene rings is 1. The van der Waals surface area contributed by atoms with E-state index in [0.29, 0.717) is 0 Å². The van der Waals surface area contributed by atoms with Gasteiger partial charge in [0.25, 0.3) is 5.91 Å². The molecule has 16 heavy (non-hydrogen) atoms. The van der Waals surface area contributed by atoms with E-state index in [4.69, 9.17) is 5.11 Å². The molecule has 0 bridgehead atoms. The molecule has 1 aromatic rings. The minimum Gasteiger partial charge on any atom is -0.435 e. The van der Waals surface area contributed by atoms with E-state index < -0.39 is 12.5 Å². The van der Waals surface area contributed by atoms with E-state index >= 15 is 0 Å². The van der Waals surface area contributed by atoms with Crippen molar-refractivity contribution in [3.05, 3.63) is 29.8 Å². The van der Waals surface area contributed by atoms with Crippen LogP contribution in [0.2, 0.25) is 0 Å². The van der Waals surface area contributed by atoms with Crippen LogP contribution in [0.1, 0.15) is 10.4 Å². The minimum absolute atomic E-state index is 0.0772. The van der Waals surface area contributed by atoms with Gasteiger partial charge in [-0.2, -0.15) is 8.78 Å². The molecule has 0 aromatic heterocycles. The highest BCUT2D eigenvalue weighted by Gasteiger charge is 2.08. The average molecular weight is 231 g/mol. The fourth-order valence-electron chi connectivity index (χ4n) is 1.09. The first-order valence-electron chi connectivity index (χ1n) is 4.57. The normalized spacial score (nSPS) is 10.2. The van der Waals surface area contributed by atoms with E-state index in [-0.39, 0.29) is 24.5 Å². The van der Waals surface area contributed by atoms with Gasteiger partial charge in [0.1, 0.15) is 5.75 Å². The van der Waals surface area contributed by atoms with Crippen molar-refractivity contribution in [1.82, 2.24) is 5.32 Å². The Morgan fingerprint density at radius 1 is 1.50 bits per heavy atom. The molecule has 0 aliphatic rings. The summed E-state index contributed by atoms with van der Waals surface area (Å²) in [5, 5.41) is 10.9. The first-order chi connectivity index (χ1) is 7.63. The van der Waals surface area contributed by atoms with Gasteiger partial charge in [-0.15, -0.1) is 0 Å². The molecule has 0 saturated carbocycles. The van der Waals surface area contributed by atoms with Gasteiger partial charge in [-0.1, -0.05) is 6.07 Å². The molecule has 2 N–H and O–H groups in total. The number of aliphatic hydroxyl groups excluding tert-OH is 1. The Bertz CT molecular complexity index is 358. The lowest BCUT2D eigenvalue weighted by atomic mass is 10.2. The van der Waals surface area contributed by atoms with Crippen LogP contribution in [0, 0.1) is 0 Å². The van der Waals surface area contributed by atoms with Crippen molar-refractivity contribution in [1.29, 1.82) is 0 Å². The Hall–Kier alpha value is -1.69. The second-order valence-electron chi connectivity index (χ2n) is 2.89. The minimum atomic E-state index is -2.92. The van der Waals surface area contributed by atoms with E-state index in [2.05, 4.69) is 10.1 Å². The van der Waals surface area contributed by atoms with E-state index in [1.165, 1.54) is 24.3 Å². The van der Waals surface area contributed by atoms with Gasteiger partial charge >= 0.3 is 6.61 Å². The number of aliphatic hydroxyl groups is 1. The fraction of sp³-hybridized carbons (Fsp3) is 0.300. The van der Waals surface area contributed by atoms with Crippen LogP contribution in [0.25, 0.3) is 0 Å². The van der Waals surface area contributed by atoms with Gasteiger partial charge in [0.05, 0.1) is 6.61 Å². The largest absolute Gasteiger partial charge is 0.435 e. The average Bonchev–Trinajstić information content (AvgIpc) is 2.25. The van der Waals surface area contributed by atoms with Crippen LogP contribution in [-0.4, -0.2) is 30.8 Å². The van der Waals surface area contributed by atoms with Gasteiger partial charge in [0.15, 0.2) is 0 Å².